The second-order valence-electron chi connectivity index (χ2n) is 5.26. The third-order valence-electron chi connectivity index (χ3n) is 3.99. The van der Waals surface area contributed by atoms with Crippen LogP contribution in [0.5, 0.6) is 0 Å². The fourth-order valence-electron chi connectivity index (χ4n) is 2.88. The van der Waals surface area contributed by atoms with Gasteiger partial charge in [-0.1, -0.05) is 17.7 Å². The quantitative estimate of drug-likeness (QED) is 0.765. The number of nitrogens with zero attached hydrogens (tertiary/aromatic N) is 2. The van der Waals surface area contributed by atoms with Crippen molar-refractivity contribution in [2.45, 2.75) is 38.1 Å². The maximum absolute atomic E-state index is 6.24. The first-order valence-electron chi connectivity index (χ1n) is 6.38. The molecule has 1 aromatic carbocycles. The van der Waals surface area contributed by atoms with E-state index in [9.17, 15) is 0 Å². The number of imidazole rings is 1. The molecule has 0 radical (unpaired) electrons. The highest BCUT2D eigenvalue weighted by Gasteiger charge is 2.36. The Labute approximate surface area is 117 Å². The van der Waals surface area contributed by atoms with Crippen LogP contribution in [0.25, 0.3) is 11.0 Å². The van der Waals surface area contributed by atoms with Gasteiger partial charge in [0.2, 0.25) is 0 Å². The number of aryl methyl sites for hydroxylation is 1. The van der Waals surface area contributed by atoms with Crippen molar-refractivity contribution in [3.63, 3.8) is 0 Å². The zero-order chi connectivity index (χ0) is 12.8. The summed E-state index contributed by atoms with van der Waals surface area (Å²) < 4.78 is 2.36. The maximum atomic E-state index is 6.24. The van der Waals surface area contributed by atoms with Crippen LogP contribution >= 0.6 is 23.2 Å². The van der Waals surface area contributed by atoms with E-state index in [1.807, 2.05) is 12.1 Å². The third-order valence-corrected chi connectivity index (χ3v) is 4.49. The Hall–Kier alpha value is -0.730. The molecule has 0 unspecified atom stereocenters. The Balaban J connectivity index is 2.25. The van der Waals surface area contributed by atoms with Crippen molar-refractivity contribution in [3.05, 3.63) is 29.0 Å². The predicted octanol–water partition coefficient (Wildman–Crippen LogP) is 4.37. The highest BCUT2D eigenvalue weighted by molar-refractivity contribution is 6.34. The van der Waals surface area contributed by atoms with E-state index in [2.05, 4.69) is 17.6 Å². The molecule has 1 aliphatic rings. The topological polar surface area (TPSA) is 17.8 Å². The summed E-state index contributed by atoms with van der Waals surface area (Å²) in [7, 11) is 0. The third kappa shape index (κ3) is 1.74. The number of hydrogen-bond acceptors (Lipinski definition) is 1. The molecule has 0 spiro atoms. The fourth-order valence-corrected chi connectivity index (χ4v) is 3.26. The van der Waals surface area contributed by atoms with Crippen molar-refractivity contribution in [2.24, 2.45) is 0 Å². The van der Waals surface area contributed by atoms with E-state index >= 15 is 0 Å². The molecule has 0 bridgehead atoms. The molecule has 1 saturated carbocycles. The van der Waals surface area contributed by atoms with Gasteiger partial charge in [0, 0.05) is 17.8 Å². The number of fused-ring (bicyclic) bond motifs is 1. The molecule has 96 valence electrons. The lowest BCUT2D eigenvalue weighted by Crippen LogP contribution is -2.38. The van der Waals surface area contributed by atoms with Crippen LogP contribution in [-0.4, -0.2) is 15.4 Å². The summed E-state index contributed by atoms with van der Waals surface area (Å²) in [6.45, 7) is 2.30. The fraction of sp³-hybridized carbons (Fsp3) is 0.500. The average Bonchev–Trinajstić information content (AvgIpc) is 2.67. The van der Waals surface area contributed by atoms with Crippen LogP contribution in [0.4, 0.5) is 0 Å². The summed E-state index contributed by atoms with van der Waals surface area (Å²) in [5.41, 5.74) is 2.25. The molecule has 0 aliphatic heterocycles. The number of aromatic nitrogens is 2. The van der Waals surface area contributed by atoms with Crippen LogP contribution in [-0.2, 0) is 12.0 Å². The summed E-state index contributed by atoms with van der Waals surface area (Å²) in [4.78, 5) is 4.70. The summed E-state index contributed by atoms with van der Waals surface area (Å²) in [5, 5.41) is 0.727. The molecule has 0 atom stereocenters. The van der Waals surface area contributed by atoms with Crippen LogP contribution < -0.4 is 0 Å². The van der Waals surface area contributed by atoms with Crippen LogP contribution in [0.3, 0.4) is 0 Å². The lowest BCUT2D eigenvalue weighted by Gasteiger charge is -2.41. The molecule has 18 heavy (non-hydrogen) atoms. The molecule has 4 heteroatoms. The Morgan fingerprint density at radius 3 is 2.78 bits per heavy atom. The van der Waals surface area contributed by atoms with Crippen molar-refractivity contribution in [3.8, 4) is 0 Å². The van der Waals surface area contributed by atoms with E-state index < -0.39 is 0 Å². The van der Waals surface area contributed by atoms with Crippen LogP contribution in [0, 0.1) is 0 Å². The van der Waals surface area contributed by atoms with Gasteiger partial charge in [-0.3, -0.25) is 0 Å². The molecule has 3 rings (SSSR count). The zero-order valence-electron chi connectivity index (χ0n) is 10.4. The molecule has 1 aliphatic carbocycles. The van der Waals surface area contributed by atoms with Crippen molar-refractivity contribution >= 4 is 34.2 Å². The minimum atomic E-state index is 0.195. The first kappa shape index (κ1) is 12.3. The van der Waals surface area contributed by atoms with E-state index in [1.165, 1.54) is 19.3 Å². The van der Waals surface area contributed by atoms with Crippen molar-refractivity contribution < 1.29 is 0 Å². The smallest absolute Gasteiger partial charge is 0.111 e. The number of hydrogen-bond donors (Lipinski definition) is 0. The van der Waals surface area contributed by atoms with Gasteiger partial charge in [-0.05, 0) is 38.3 Å². The summed E-state index contributed by atoms with van der Waals surface area (Å²) in [6.07, 6.45) is 4.50. The minimum absolute atomic E-state index is 0.195. The van der Waals surface area contributed by atoms with Crippen molar-refractivity contribution in [1.29, 1.82) is 0 Å². The first-order valence-corrected chi connectivity index (χ1v) is 7.29. The maximum Gasteiger partial charge on any atom is 0.111 e. The number of para-hydroxylation sites is 1. The number of halogens is 2. The van der Waals surface area contributed by atoms with Gasteiger partial charge in [0.05, 0.1) is 10.5 Å². The minimum Gasteiger partial charge on any atom is -0.322 e. The molecule has 0 saturated heterocycles. The van der Waals surface area contributed by atoms with Gasteiger partial charge in [-0.25, -0.2) is 4.98 Å². The molecule has 2 aromatic rings. The SMILES string of the molecule is CC1(n2c(CCCl)nc3c(Cl)cccc32)CCC1. The molecular weight excluding hydrogens is 267 g/mol. The molecule has 0 N–H and O–H groups in total. The normalized spacial score (nSPS) is 17.9. The lowest BCUT2D eigenvalue weighted by molar-refractivity contribution is 0.170. The van der Waals surface area contributed by atoms with Gasteiger partial charge in [-0.15, -0.1) is 11.6 Å². The molecule has 0 amide bonds. The van der Waals surface area contributed by atoms with Gasteiger partial charge in [0.15, 0.2) is 0 Å². The van der Waals surface area contributed by atoms with Crippen LogP contribution in [0.15, 0.2) is 18.2 Å². The van der Waals surface area contributed by atoms with Gasteiger partial charge in [0.1, 0.15) is 11.3 Å². The van der Waals surface area contributed by atoms with E-state index in [4.69, 9.17) is 28.2 Å². The number of benzene rings is 1. The van der Waals surface area contributed by atoms with Gasteiger partial charge >= 0.3 is 0 Å². The lowest BCUT2D eigenvalue weighted by atomic mass is 9.78. The van der Waals surface area contributed by atoms with Crippen molar-refractivity contribution in [2.75, 3.05) is 5.88 Å². The van der Waals surface area contributed by atoms with Crippen molar-refractivity contribution in [1.82, 2.24) is 9.55 Å². The largest absolute Gasteiger partial charge is 0.322 e. The predicted molar refractivity (Wildman–Crippen MR) is 76.7 cm³/mol. The van der Waals surface area contributed by atoms with Gasteiger partial charge in [0.25, 0.3) is 0 Å². The van der Waals surface area contributed by atoms with Gasteiger partial charge < -0.3 is 4.57 Å². The Morgan fingerprint density at radius 1 is 1.39 bits per heavy atom. The van der Waals surface area contributed by atoms with E-state index in [1.54, 1.807) is 0 Å². The molecular formula is C14H16Cl2N2. The molecule has 1 heterocycles. The molecule has 2 nitrogen and oxygen atoms in total. The van der Waals surface area contributed by atoms with E-state index in [-0.39, 0.29) is 5.54 Å². The highest BCUT2D eigenvalue weighted by Crippen LogP contribution is 2.42. The second-order valence-corrected chi connectivity index (χ2v) is 6.05. The number of alkyl halides is 1. The Kier molecular flexibility index (Phi) is 3.03. The van der Waals surface area contributed by atoms with Crippen LogP contribution in [0.2, 0.25) is 5.02 Å². The summed E-state index contributed by atoms with van der Waals surface area (Å²) in [6, 6.07) is 6.00. The number of rotatable bonds is 3. The Morgan fingerprint density at radius 2 is 2.17 bits per heavy atom. The zero-order valence-corrected chi connectivity index (χ0v) is 11.9. The monoisotopic (exact) mass is 282 g/mol. The van der Waals surface area contributed by atoms with Crippen LogP contribution in [0.1, 0.15) is 32.0 Å². The molecule has 1 fully saturated rings. The van der Waals surface area contributed by atoms with E-state index in [0.717, 1.165) is 28.3 Å². The molecule has 1 aromatic heterocycles. The Bertz CT molecular complexity index is 585. The standard InChI is InChI=1S/C14H16Cl2N2/c1-14(7-3-8-14)18-11-5-2-4-10(16)13(11)17-12(18)6-9-15/h2,4-5H,3,6-9H2,1H3. The second kappa shape index (κ2) is 4.43. The summed E-state index contributed by atoms with van der Waals surface area (Å²) in [5.74, 6) is 1.66. The van der Waals surface area contributed by atoms with Gasteiger partial charge in [-0.2, -0.15) is 0 Å². The summed E-state index contributed by atoms with van der Waals surface area (Å²) >= 11 is 12.1. The first-order chi connectivity index (χ1) is 8.65. The highest BCUT2D eigenvalue weighted by atomic mass is 35.5. The van der Waals surface area contributed by atoms with E-state index in [0.29, 0.717) is 5.88 Å². The average molecular weight is 283 g/mol.